The average Bonchev–Trinajstić information content (AvgIpc) is 2.43. The Morgan fingerprint density at radius 2 is 1.84 bits per heavy atom. The van der Waals surface area contributed by atoms with Crippen molar-refractivity contribution in [1.29, 1.82) is 0 Å². The molecule has 1 saturated carbocycles. The zero-order valence-corrected chi connectivity index (χ0v) is 11.9. The summed E-state index contributed by atoms with van der Waals surface area (Å²) in [5, 5.41) is 7.01. The van der Waals surface area contributed by atoms with Gasteiger partial charge in [0.15, 0.2) is 0 Å². The van der Waals surface area contributed by atoms with Crippen LogP contribution in [0, 0.1) is 0 Å². The molecule has 1 fully saturated rings. The van der Waals surface area contributed by atoms with Crippen molar-refractivity contribution >= 4 is 23.2 Å². The molecular weight excluding hydrogens is 260 g/mol. The number of anilines is 1. The number of amides is 1. The third-order valence-electron chi connectivity index (χ3n) is 3.52. The van der Waals surface area contributed by atoms with Gasteiger partial charge in [-0.25, -0.2) is 0 Å². The van der Waals surface area contributed by atoms with Gasteiger partial charge in [-0.05, 0) is 37.1 Å². The topological polar surface area (TPSA) is 41.1 Å². The van der Waals surface area contributed by atoms with E-state index in [1.54, 1.807) is 12.1 Å². The maximum absolute atomic E-state index is 11.8. The highest BCUT2D eigenvalue weighted by atomic mass is 35.5. The highest BCUT2D eigenvalue weighted by molar-refractivity contribution is 6.30. The van der Waals surface area contributed by atoms with Gasteiger partial charge in [-0.1, -0.05) is 30.9 Å². The van der Waals surface area contributed by atoms with E-state index < -0.39 is 0 Å². The molecule has 1 aromatic carbocycles. The van der Waals surface area contributed by atoms with Crippen molar-refractivity contribution in [2.24, 2.45) is 0 Å². The largest absolute Gasteiger partial charge is 0.326 e. The highest BCUT2D eigenvalue weighted by Gasteiger charge is 2.12. The Morgan fingerprint density at radius 3 is 2.53 bits per heavy atom. The first kappa shape index (κ1) is 14.4. The molecule has 0 spiro atoms. The van der Waals surface area contributed by atoms with E-state index >= 15 is 0 Å². The van der Waals surface area contributed by atoms with Gasteiger partial charge in [0, 0.05) is 29.7 Å². The highest BCUT2D eigenvalue weighted by Crippen LogP contribution is 2.17. The summed E-state index contributed by atoms with van der Waals surface area (Å²) in [5.41, 5.74) is 0.798. The van der Waals surface area contributed by atoms with E-state index in [9.17, 15) is 4.79 Å². The first-order chi connectivity index (χ1) is 9.24. The summed E-state index contributed by atoms with van der Waals surface area (Å²) in [6.07, 6.45) is 7.00. The van der Waals surface area contributed by atoms with Gasteiger partial charge in [-0.15, -0.1) is 0 Å². The molecule has 1 amide bonds. The van der Waals surface area contributed by atoms with Crippen LogP contribution in [0.25, 0.3) is 0 Å². The Labute approximate surface area is 119 Å². The number of halogens is 1. The van der Waals surface area contributed by atoms with Crippen LogP contribution in [-0.2, 0) is 4.79 Å². The number of benzene rings is 1. The molecule has 1 aliphatic carbocycles. The predicted octanol–water partition coefficient (Wildman–Crippen LogP) is 3.59. The zero-order chi connectivity index (χ0) is 13.5. The Hall–Kier alpha value is -1.06. The van der Waals surface area contributed by atoms with Crippen LogP contribution in [0.1, 0.15) is 38.5 Å². The number of carbonyl (C=O) groups excluding carboxylic acids is 1. The van der Waals surface area contributed by atoms with E-state index in [1.165, 1.54) is 32.1 Å². The van der Waals surface area contributed by atoms with Crippen molar-refractivity contribution in [1.82, 2.24) is 5.32 Å². The lowest BCUT2D eigenvalue weighted by Gasteiger charge is -2.22. The molecule has 0 atom stereocenters. The van der Waals surface area contributed by atoms with Crippen LogP contribution >= 0.6 is 11.6 Å². The van der Waals surface area contributed by atoms with Gasteiger partial charge in [0.2, 0.25) is 5.91 Å². The summed E-state index contributed by atoms with van der Waals surface area (Å²) in [6, 6.07) is 7.79. The Kier molecular flexibility index (Phi) is 5.67. The SMILES string of the molecule is O=C(CCNC1CCCCC1)Nc1ccc(Cl)cc1. The fourth-order valence-electron chi connectivity index (χ4n) is 2.45. The van der Waals surface area contributed by atoms with Crippen LogP contribution < -0.4 is 10.6 Å². The Bertz CT molecular complexity index is 399. The zero-order valence-electron chi connectivity index (χ0n) is 11.1. The lowest BCUT2D eigenvalue weighted by atomic mass is 9.95. The molecule has 1 aliphatic rings. The third kappa shape index (κ3) is 5.21. The van der Waals surface area contributed by atoms with E-state index in [-0.39, 0.29) is 5.91 Å². The maximum Gasteiger partial charge on any atom is 0.225 e. The molecule has 0 radical (unpaired) electrons. The minimum Gasteiger partial charge on any atom is -0.326 e. The van der Waals surface area contributed by atoms with Crippen LogP contribution in [0.5, 0.6) is 0 Å². The number of hydrogen-bond donors (Lipinski definition) is 2. The van der Waals surface area contributed by atoms with E-state index in [2.05, 4.69) is 10.6 Å². The molecule has 0 aliphatic heterocycles. The van der Waals surface area contributed by atoms with Crippen molar-refractivity contribution in [3.05, 3.63) is 29.3 Å². The van der Waals surface area contributed by atoms with Crippen molar-refractivity contribution in [2.45, 2.75) is 44.6 Å². The molecule has 2 rings (SSSR count). The van der Waals surface area contributed by atoms with Crippen molar-refractivity contribution in [3.8, 4) is 0 Å². The predicted molar refractivity (Wildman–Crippen MR) is 79.6 cm³/mol. The van der Waals surface area contributed by atoms with Gasteiger partial charge in [0.1, 0.15) is 0 Å². The second-order valence-electron chi connectivity index (χ2n) is 5.09. The van der Waals surface area contributed by atoms with E-state index in [4.69, 9.17) is 11.6 Å². The third-order valence-corrected chi connectivity index (χ3v) is 3.77. The fraction of sp³-hybridized carbons (Fsp3) is 0.533. The Balaban J connectivity index is 1.65. The fourth-order valence-corrected chi connectivity index (χ4v) is 2.58. The summed E-state index contributed by atoms with van der Waals surface area (Å²) < 4.78 is 0. The maximum atomic E-state index is 11.8. The monoisotopic (exact) mass is 280 g/mol. The van der Waals surface area contributed by atoms with Crippen LogP contribution in [0.15, 0.2) is 24.3 Å². The molecule has 3 nitrogen and oxygen atoms in total. The van der Waals surface area contributed by atoms with Crippen molar-refractivity contribution in [2.75, 3.05) is 11.9 Å². The van der Waals surface area contributed by atoms with Gasteiger partial charge in [-0.2, -0.15) is 0 Å². The number of rotatable bonds is 5. The first-order valence-corrected chi connectivity index (χ1v) is 7.40. The second kappa shape index (κ2) is 7.51. The van der Waals surface area contributed by atoms with E-state index in [0.717, 1.165) is 12.2 Å². The van der Waals surface area contributed by atoms with E-state index in [0.29, 0.717) is 17.5 Å². The number of hydrogen-bond acceptors (Lipinski definition) is 2. The second-order valence-corrected chi connectivity index (χ2v) is 5.53. The smallest absolute Gasteiger partial charge is 0.225 e. The average molecular weight is 281 g/mol. The molecule has 0 bridgehead atoms. The lowest BCUT2D eigenvalue weighted by molar-refractivity contribution is -0.116. The summed E-state index contributed by atoms with van der Waals surface area (Å²) in [5.74, 6) is 0.0469. The molecule has 0 unspecified atom stereocenters. The summed E-state index contributed by atoms with van der Waals surface area (Å²) >= 11 is 5.80. The van der Waals surface area contributed by atoms with Gasteiger partial charge >= 0.3 is 0 Å². The molecule has 0 saturated heterocycles. The minimum atomic E-state index is 0.0469. The lowest BCUT2D eigenvalue weighted by Crippen LogP contribution is -2.33. The first-order valence-electron chi connectivity index (χ1n) is 7.03. The summed E-state index contributed by atoms with van der Waals surface area (Å²) in [6.45, 7) is 0.754. The molecule has 2 N–H and O–H groups in total. The molecule has 4 heteroatoms. The molecule has 0 heterocycles. The molecule has 0 aromatic heterocycles. The van der Waals surface area contributed by atoms with Crippen LogP contribution in [-0.4, -0.2) is 18.5 Å². The Morgan fingerprint density at radius 1 is 1.16 bits per heavy atom. The molecule has 104 valence electrons. The van der Waals surface area contributed by atoms with Crippen LogP contribution in [0.3, 0.4) is 0 Å². The number of nitrogens with one attached hydrogen (secondary N) is 2. The van der Waals surface area contributed by atoms with Gasteiger partial charge < -0.3 is 10.6 Å². The summed E-state index contributed by atoms with van der Waals surface area (Å²) in [7, 11) is 0. The standard InChI is InChI=1S/C15H21ClN2O/c16-12-6-8-14(9-7-12)18-15(19)10-11-17-13-4-2-1-3-5-13/h6-9,13,17H,1-5,10-11H2,(H,18,19). The van der Waals surface area contributed by atoms with Gasteiger partial charge in [0.05, 0.1) is 0 Å². The molecule has 1 aromatic rings. The molecule has 19 heavy (non-hydrogen) atoms. The van der Waals surface area contributed by atoms with Crippen LogP contribution in [0.2, 0.25) is 5.02 Å². The van der Waals surface area contributed by atoms with Gasteiger partial charge in [0.25, 0.3) is 0 Å². The van der Waals surface area contributed by atoms with Crippen LogP contribution in [0.4, 0.5) is 5.69 Å². The quantitative estimate of drug-likeness (QED) is 0.865. The van der Waals surface area contributed by atoms with E-state index in [1.807, 2.05) is 12.1 Å². The number of carbonyl (C=O) groups is 1. The minimum absolute atomic E-state index is 0.0469. The summed E-state index contributed by atoms with van der Waals surface area (Å²) in [4.78, 5) is 11.8. The van der Waals surface area contributed by atoms with Crippen molar-refractivity contribution < 1.29 is 4.79 Å². The normalized spacial score (nSPS) is 16.3. The van der Waals surface area contributed by atoms with Gasteiger partial charge in [-0.3, -0.25) is 4.79 Å². The van der Waals surface area contributed by atoms with Crippen molar-refractivity contribution in [3.63, 3.8) is 0 Å². The molecular formula is C15H21ClN2O.